The molecule has 138 valence electrons. The van der Waals surface area contributed by atoms with Crippen molar-refractivity contribution in [1.82, 2.24) is 4.90 Å². The van der Waals surface area contributed by atoms with Crippen LogP contribution in [0.3, 0.4) is 0 Å². The van der Waals surface area contributed by atoms with Crippen molar-refractivity contribution in [1.29, 1.82) is 0 Å². The summed E-state index contributed by atoms with van der Waals surface area (Å²) in [4.78, 5) is 25.2. The second-order valence-corrected chi connectivity index (χ2v) is 5.72. The molecule has 0 aliphatic rings. The summed E-state index contributed by atoms with van der Waals surface area (Å²) in [5, 5.41) is 2.15. The molecule has 8 heteroatoms. The Bertz CT molecular complexity index is 834. The lowest BCUT2D eigenvalue weighted by atomic mass is 10.1. The fourth-order valence-electron chi connectivity index (χ4n) is 2.26. The molecule has 0 unspecified atom stereocenters. The fraction of sp³-hybridized carbons (Fsp3) is 0.222. The van der Waals surface area contributed by atoms with Crippen LogP contribution in [0.25, 0.3) is 0 Å². The third-order valence-corrected chi connectivity index (χ3v) is 3.65. The zero-order valence-corrected chi connectivity index (χ0v) is 14.0. The van der Waals surface area contributed by atoms with Gasteiger partial charge in [-0.25, -0.2) is 4.39 Å². The molecule has 2 aromatic rings. The summed E-state index contributed by atoms with van der Waals surface area (Å²) < 4.78 is 52.3. The molecular formula is C18H16F4N2O2. The second kappa shape index (κ2) is 7.55. The zero-order chi connectivity index (χ0) is 19.5. The molecule has 0 atom stereocenters. The lowest BCUT2D eigenvalue weighted by molar-refractivity contribution is -0.137. The number of benzene rings is 2. The molecule has 26 heavy (non-hydrogen) atoms. The minimum absolute atomic E-state index is 0.0408. The van der Waals surface area contributed by atoms with Gasteiger partial charge in [-0.3, -0.25) is 9.59 Å². The van der Waals surface area contributed by atoms with Crippen molar-refractivity contribution in [2.24, 2.45) is 0 Å². The van der Waals surface area contributed by atoms with Gasteiger partial charge in [0.15, 0.2) is 0 Å². The first kappa shape index (κ1) is 19.4. The highest BCUT2D eigenvalue weighted by atomic mass is 19.4. The number of hydrogen-bond donors (Lipinski definition) is 1. The van der Waals surface area contributed by atoms with Crippen LogP contribution in [0, 0.1) is 12.7 Å². The van der Waals surface area contributed by atoms with Gasteiger partial charge in [0.2, 0.25) is 5.91 Å². The molecule has 1 N–H and O–H groups in total. The lowest BCUT2D eigenvalue weighted by Gasteiger charge is -2.18. The number of nitrogens with one attached hydrogen (secondary N) is 1. The molecule has 2 aromatic carbocycles. The van der Waals surface area contributed by atoms with E-state index in [4.69, 9.17) is 0 Å². The fourth-order valence-corrected chi connectivity index (χ4v) is 2.26. The van der Waals surface area contributed by atoms with E-state index in [9.17, 15) is 27.2 Å². The summed E-state index contributed by atoms with van der Waals surface area (Å²) in [6, 6.07) is 8.42. The largest absolute Gasteiger partial charge is 0.418 e. The quantitative estimate of drug-likeness (QED) is 0.833. The maximum Gasteiger partial charge on any atom is 0.418 e. The summed E-state index contributed by atoms with van der Waals surface area (Å²) in [5.74, 6) is -1.99. The molecular weight excluding hydrogens is 352 g/mol. The molecule has 0 aromatic heterocycles. The van der Waals surface area contributed by atoms with Gasteiger partial charge in [0.05, 0.1) is 17.8 Å². The van der Waals surface area contributed by atoms with Crippen molar-refractivity contribution in [2.75, 3.05) is 18.9 Å². The van der Waals surface area contributed by atoms with Crippen molar-refractivity contribution in [2.45, 2.75) is 13.1 Å². The number of carbonyl (C=O) groups excluding carboxylic acids is 2. The maximum absolute atomic E-state index is 13.6. The van der Waals surface area contributed by atoms with Crippen LogP contribution < -0.4 is 5.32 Å². The Morgan fingerprint density at radius 1 is 1.12 bits per heavy atom. The predicted octanol–water partition coefficient (Wildman–Crippen LogP) is 3.86. The number of likely N-dealkylation sites (N-methyl/N-ethyl adjacent to an activating group) is 1. The van der Waals surface area contributed by atoms with Gasteiger partial charge >= 0.3 is 6.18 Å². The van der Waals surface area contributed by atoms with Gasteiger partial charge in [-0.15, -0.1) is 0 Å². The summed E-state index contributed by atoms with van der Waals surface area (Å²) in [6.45, 7) is 1.05. The minimum Gasteiger partial charge on any atom is -0.332 e. The molecule has 0 saturated carbocycles. The van der Waals surface area contributed by atoms with Gasteiger partial charge in [0.25, 0.3) is 5.91 Å². The topological polar surface area (TPSA) is 49.4 Å². The van der Waals surface area contributed by atoms with Crippen molar-refractivity contribution < 1.29 is 27.2 Å². The molecule has 4 nitrogen and oxygen atoms in total. The van der Waals surface area contributed by atoms with Gasteiger partial charge in [0.1, 0.15) is 5.82 Å². The Labute approximate surface area is 147 Å². The number of rotatable bonds is 4. The molecule has 0 aliphatic heterocycles. The van der Waals surface area contributed by atoms with Gasteiger partial charge < -0.3 is 10.2 Å². The van der Waals surface area contributed by atoms with Gasteiger partial charge in [-0.1, -0.05) is 18.2 Å². The van der Waals surface area contributed by atoms with Crippen molar-refractivity contribution in [3.05, 3.63) is 65.0 Å². The molecule has 0 saturated heterocycles. The van der Waals surface area contributed by atoms with E-state index in [0.29, 0.717) is 5.56 Å². The summed E-state index contributed by atoms with van der Waals surface area (Å²) in [7, 11) is 1.30. The van der Waals surface area contributed by atoms with Crippen molar-refractivity contribution in [3.8, 4) is 0 Å². The number of nitrogens with zero attached hydrogens (tertiary/aromatic N) is 1. The molecule has 0 radical (unpaired) electrons. The summed E-state index contributed by atoms with van der Waals surface area (Å²) >= 11 is 0. The third-order valence-electron chi connectivity index (χ3n) is 3.65. The van der Waals surface area contributed by atoms with Crippen LogP contribution in [0.4, 0.5) is 23.2 Å². The first-order valence-electron chi connectivity index (χ1n) is 7.57. The second-order valence-electron chi connectivity index (χ2n) is 5.72. The average molecular weight is 368 g/mol. The van der Waals surface area contributed by atoms with E-state index in [-0.39, 0.29) is 5.56 Å². The minimum atomic E-state index is -4.62. The number of halogens is 4. The van der Waals surface area contributed by atoms with Crippen LogP contribution >= 0.6 is 0 Å². The Balaban J connectivity index is 2.08. The van der Waals surface area contributed by atoms with Crippen LogP contribution in [0.15, 0.2) is 42.5 Å². The Hall–Kier alpha value is -2.90. The standard InChI is InChI=1S/C18H16F4N2O2/c1-11-7-8-12(9-14(11)19)17(26)24(2)10-16(25)23-15-6-4-3-5-13(15)18(20,21)22/h3-9H,10H2,1-2H3,(H,23,25). The predicted molar refractivity (Wildman–Crippen MR) is 88.2 cm³/mol. The molecule has 2 rings (SSSR count). The van der Waals surface area contributed by atoms with Gasteiger partial charge in [0, 0.05) is 12.6 Å². The van der Waals surface area contributed by atoms with E-state index >= 15 is 0 Å². The van der Waals surface area contributed by atoms with E-state index < -0.39 is 41.6 Å². The van der Waals surface area contributed by atoms with E-state index in [0.717, 1.165) is 23.1 Å². The average Bonchev–Trinajstić information content (AvgIpc) is 2.56. The van der Waals surface area contributed by atoms with Crippen LogP contribution in [0.5, 0.6) is 0 Å². The summed E-state index contributed by atoms with van der Waals surface area (Å²) in [5.41, 5.74) is -0.972. The van der Waals surface area contributed by atoms with Crippen molar-refractivity contribution >= 4 is 17.5 Å². The summed E-state index contributed by atoms with van der Waals surface area (Å²) in [6.07, 6.45) is -4.62. The lowest BCUT2D eigenvalue weighted by Crippen LogP contribution is -2.35. The number of para-hydroxylation sites is 1. The normalized spacial score (nSPS) is 11.2. The van der Waals surface area contributed by atoms with Crippen LogP contribution in [-0.2, 0) is 11.0 Å². The van der Waals surface area contributed by atoms with Crippen molar-refractivity contribution in [3.63, 3.8) is 0 Å². The molecule has 0 bridgehead atoms. The first-order chi connectivity index (χ1) is 12.1. The molecule has 2 amide bonds. The number of alkyl halides is 3. The molecule has 0 fully saturated rings. The van der Waals surface area contributed by atoms with Crippen LogP contribution in [0.1, 0.15) is 21.5 Å². The van der Waals surface area contributed by atoms with Gasteiger partial charge in [-0.2, -0.15) is 13.2 Å². The highest BCUT2D eigenvalue weighted by molar-refractivity contribution is 5.99. The van der Waals surface area contributed by atoms with Gasteiger partial charge in [-0.05, 0) is 36.8 Å². The molecule has 0 aliphatic carbocycles. The SMILES string of the molecule is Cc1ccc(C(=O)N(C)CC(=O)Nc2ccccc2C(F)(F)F)cc1F. The Kier molecular flexibility index (Phi) is 5.64. The monoisotopic (exact) mass is 368 g/mol. The first-order valence-corrected chi connectivity index (χ1v) is 7.57. The van der Waals surface area contributed by atoms with E-state index in [1.165, 1.54) is 31.3 Å². The Morgan fingerprint density at radius 2 is 1.77 bits per heavy atom. The van der Waals surface area contributed by atoms with E-state index in [1.807, 2.05) is 0 Å². The molecule has 0 heterocycles. The number of hydrogen-bond acceptors (Lipinski definition) is 2. The van der Waals surface area contributed by atoms with E-state index in [2.05, 4.69) is 5.32 Å². The highest BCUT2D eigenvalue weighted by Gasteiger charge is 2.33. The smallest absolute Gasteiger partial charge is 0.332 e. The zero-order valence-electron chi connectivity index (χ0n) is 14.0. The Morgan fingerprint density at radius 3 is 2.38 bits per heavy atom. The highest BCUT2D eigenvalue weighted by Crippen LogP contribution is 2.34. The number of aryl methyl sites for hydroxylation is 1. The number of anilines is 1. The third kappa shape index (κ3) is 4.59. The molecule has 0 spiro atoms. The van der Waals surface area contributed by atoms with E-state index in [1.54, 1.807) is 6.92 Å². The number of carbonyl (C=O) groups is 2. The number of amides is 2. The van der Waals surface area contributed by atoms with Crippen LogP contribution in [0.2, 0.25) is 0 Å². The maximum atomic E-state index is 13.6. The van der Waals surface area contributed by atoms with Crippen LogP contribution in [-0.4, -0.2) is 30.3 Å².